The number of hydrogen-bond acceptors (Lipinski definition) is 2. The summed E-state index contributed by atoms with van der Waals surface area (Å²) in [5.74, 6) is -0.537. The Hall–Kier alpha value is -3.09. The van der Waals surface area contributed by atoms with Crippen LogP contribution >= 0.6 is 0 Å². The van der Waals surface area contributed by atoms with E-state index < -0.39 is 23.1 Å². The minimum atomic E-state index is -4.49. The highest BCUT2D eigenvalue weighted by molar-refractivity contribution is 6.10. The molecule has 1 amide bonds. The van der Waals surface area contributed by atoms with Gasteiger partial charge in [0.2, 0.25) is 5.91 Å². The Morgan fingerprint density at radius 3 is 2.34 bits per heavy atom. The normalized spacial score (nSPS) is 12.2. The number of ketones is 1. The molecule has 0 spiro atoms. The fourth-order valence-electron chi connectivity index (χ4n) is 3.09. The molecule has 0 saturated carbocycles. The number of alkyl halides is 3. The molecule has 0 atom stereocenters. The predicted octanol–water partition coefficient (Wildman–Crippen LogP) is 5.53. The van der Waals surface area contributed by atoms with Crippen LogP contribution in [0.4, 0.5) is 18.9 Å². The van der Waals surface area contributed by atoms with Gasteiger partial charge in [0.15, 0.2) is 5.78 Å². The molecule has 0 radical (unpaired) electrons. The molecule has 0 saturated heterocycles. The van der Waals surface area contributed by atoms with Gasteiger partial charge < -0.3 is 9.88 Å². The lowest BCUT2D eigenvalue weighted by atomic mass is 9.86. The Bertz CT molecular complexity index is 1080. The van der Waals surface area contributed by atoms with Crippen molar-refractivity contribution in [2.24, 2.45) is 5.41 Å². The molecular weight excluding hydrogens is 381 g/mol. The van der Waals surface area contributed by atoms with E-state index >= 15 is 0 Å². The smallest absolute Gasteiger partial charge is 0.337 e. The Morgan fingerprint density at radius 1 is 1.00 bits per heavy atom. The summed E-state index contributed by atoms with van der Waals surface area (Å²) in [5.41, 5.74) is -0.138. The Kier molecular flexibility index (Phi) is 5.26. The molecule has 0 aliphatic carbocycles. The fraction of sp³-hybridized carbons (Fsp3) is 0.273. The summed E-state index contributed by atoms with van der Waals surface area (Å²) in [4.78, 5) is 25.2. The van der Waals surface area contributed by atoms with Crippen LogP contribution in [0.5, 0.6) is 0 Å². The molecule has 0 bridgehead atoms. The van der Waals surface area contributed by atoms with Crippen LogP contribution in [0.15, 0.2) is 54.7 Å². The average molecular weight is 402 g/mol. The number of aromatic nitrogens is 1. The van der Waals surface area contributed by atoms with Crippen molar-refractivity contribution in [3.05, 3.63) is 65.9 Å². The maximum Gasteiger partial charge on any atom is 0.416 e. The fourth-order valence-corrected chi connectivity index (χ4v) is 3.09. The van der Waals surface area contributed by atoms with Gasteiger partial charge in [-0.25, -0.2) is 0 Å². The van der Waals surface area contributed by atoms with Gasteiger partial charge in [-0.15, -0.1) is 0 Å². The monoisotopic (exact) mass is 402 g/mol. The van der Waals surface area contributed by atoms with E-state index in [0.29, 0.717) is 11.1 Å². The molecule has 1 heterocycles. The topological polar surface area (TPSA) is 51.1 Å². The predicted molar refractivity (Wildman–Crippen MR) is 106 cm³/mol. The second-order valence-corrected chi connectivity index (χ2v) is 7.89. The molecule has 1 N–H and O–H groups in total. The minimum absolute atomic E-state index is 0.0502. The number of carbonyl (C=O) groups is 2. The molecule has 0 fully saturated rings. The van der Waals surface area contributed by atoms with E-state index in [0.717, 1.165) is 17.5 Å². The average Bonchev–Trinajstić information content (AvgIpc) is 2.98. The van der Waals surface area contributed by atoms with Gasteiger partial charge in [-0.2, -0.15) is 13.2 Å². The van der Waals surface area contributed by atoms with E-state index in [-0.39, 0.29) is 18.0 Å². The maximum absolute atomic E-state index is 12.9. The van der Waals surface area contributed by atoms with Crippen LogP contribution in [0.25, 0.3) is 10.9 Å². The molecule has 3 aromatic rings. The quantitative estimate of drug-likeness (QED) is 0.584. The number of nitrogens with zero attached hydrogens (tertiary/aromatic N) is 1. The third-order valence-corrected chi connectivity index (χ3v) is 4.50. The second-order valence-electron chi connectivity index (χ2n) is 7.89. The summed E-state index contributed by atoms with van der Waals surface area (Å²) in [7, 11) is 0. The molecule has 1 aromatic heterocycles. The Labute approximate surface area is 166 Å². The van der Waals surface area contributed by atoms with Crippen molar-refractivity contribution in [1.29, 1.82) is 0 Å². The van der Waals surface area contributed by atoms with Crippen molar-refractivity contribution in [2.45, 2.75) is 33.5 Å². The standard InChI is InChI=1S/C22H21F3N2O2/c1-21(2,3)20(29)17-12-27(18-10-5-4-9-16(17)18)13-19(28)26-15-8-6-7-14(11-15)22(23,24)25/h4-12H,13H2,1-3H3,(H,26,28). The zero-order valence-corrected chi connectivity index (χ0v) is 16.3. The van der Waals surface area contributed by atoms with E-state index in [9.17, 15) is 22.8 Å². The van der Waals surface area contributed by atoms with Crippen molar-refractivity contribution in [3.63, 3.8) is 0 Å². The Morgan fingerprint density at radius 2 is 1.69 bits per heavy atom. The van der Waals surface area contributed by atoms with Gasteiger partial charge in [0.1, 0.15) is 6.54 Å². The van der Waals surface area contributed by atoms with Gasteiger partial charge in [-0.1, -0.05) is 45.0 Å². The van der Waals surface area contributed by atoms with Gasteiger partial charge in [0, 0.05) is 33.8 Å². The molecule has 2 aromatic carbocycles. The van der Waals surface area contributed by atoms with Crippen LogP contribution < -0.4 is 5.32 Å². The van der Waals surface area contributed by atoms with Gasteiger partial charge in [0.25, 0.3) is 0 Å². The first-order valence-corrected chi connectivity index (χ1v) is 9.06. The number of halogens is 3. The van der Waals surface area contributed by atoms with Gasteiger partial charge >= 0.3 is 6.18 Å². The van der Waals surface area contributed by atoms with Gasteiger partial charge in [-0.3, -0.25) is 9.59 Å². The molecule has 152 valence electrons. The first kappa shape index (κ1) is 20.6. The molecule has 4 nitrogen and oxygen atoms in total. The number of benzene rings is 2. The summed E-state index contributed by atoms with van der Waals surface area (Å²) in [6.45, 7) is 5.33. The van der Waals surface area contributed by atoms with Gasteiger partial charge in [0.05, 0.1) is 5.56 Å². The number of para-hydroxylation sites is 1. The van der Waals surface area contributed by atoms with Gasteiger partial charge in [-0.05, 0) is 24.3 Å². The van der Waals surface area contributed by atoms with Crippen LogP contribution in [0.2, 0.25) is 0 Å². The highest BCUT2D eigenvalue weighted by atomic mass is 19.4. The molecule has 7 heteroatoms. The maximum atomic E-state index is 12.9. The van der Waals surface area contributed by atoms with Crippen LogP contribution in [0.3, 0.4) is 0 Å². The lowest BCUT2D eigenvalue weighted by molar-refractivity contribution is -0.137. The molecule has 0 aliphatic heterocycles. The van der Waals surface area contributed by atoms with Crippen LogP contribution in [-0.4, -0.2) is 16.3 Å². The van der Waals surface area contributed by atoms with Crippen LogP contribution in [-0.2, 0) is 17.5 Å². The van der Waals surface area contributed by atoms with Crippen LogP contribution in [0, 0.1) is 5.41 Å². The van der Waals surface area contributed by atoms with Crippen molar-refractivity contribution < 1.29 is 22.8 Å². The Balaban J connectivity index is 1.87. The summed E-state index contributed by atoms with van der Waals surface area (Å²) < 4.78 is 40.2. The van der Waals surface area contributed by atoms with E-state index in [2.05, 4.69) is 5.32 Å². The highest BCUT2D eigenvalue weighted by Crippen LogP contribution is 2.31. The van der Waals surface area contributed by atoms with E-state index in [1.807, 2.05) is 32.9 Å². The number of fused-ring (bicyclic) bond motifs is 1. The zero-order chi connectivity index (χ0) is 21.4. The van der Waals surface area contributed by atoms with Crippen molar-refractivity contribution in [1.82, 2.24) is 4.57 Å². The van der Waals surface area contributed by atoms with Crippen LogP contribution in [0.1, 0.15) is 36.7 Å². The number of rotatable bonds is 4. The zero-order valence-electron chi connectivity index (χ0n) is 16.3. The number of amides is 1. The molecule has 0 aliphatic rings. The third-order valence-electron chi connectivity index (χ3n) is 4.50. The number of hydrogen-bond donors (Lipinski definition) is 1. The first-order chi connectivity index (χ1) is 13.5. The highest BCUT2D eigenvalue weighted by Gasteiger charge is 2.30. The molecule has 29 heavy (non-hydrogen) atoms. The number of Topliss-reactive ketones (excluding diaryl/α,β-unsaturated/α-hetero) is 1. The van der Waals surface area contributed by atoms with Crippen molar-refractivity contribution in [3.8, 4) is 0 Å². The number of carbonyl (C=O) groups excluding carboxylic acids is 2. The second kappa shape index (κ2) is 7.39. The molecule has 0 unspecified atom stereocenters. The van der Waals surface area contributed by atoms with Crippen molar-refractivity contribution >= 4 is 28.3 Å². The summed E-state index contributed by atoms with van der Waals surface area (Å²) >= 11 is 0. The van der Waals surface area contributed by atoms with E-state index in [4.69, 9.17) is 0 Å². The molecular formula is C22H21F3N2O2. The SMILES string of the molecule is CC(C)(C)C(=O)c1cn(CC(=O)Nc2cccc(C(F)(F)F)c2)c2ccccc12. The summed E-state index contributed by atoms with van der Waals surface area (Å²) in [6, 6.07) is 11.7. The van der Waals surface area contributed by atoms with Crippen molar-refractivity contribution in [2.75, 3.05) is 5.32 Å². The third kappa shape index (κ3) is 4.50. The summed E-state index contributed by atoms with van der Waals surface area (Å²) in [6.07, 6.45) is -2.86. The minimum Gasteiger partial charge on any atom is -0.337 e. The first-order valence-electron chi connectivity index (χ1n) is 9.06. The van der Waals surface area contributed by atoms with E-state index in [1.165, 1.54) is 12.1 Å². The lowest BCUT2D eigenvalue weighted by Gasteiger charge is -2.15. The lowest BCUT2D eigenvalue weighted by Crippen LogP contribution is -2.20. The largest absolute Gasteiger partial charge is 0.416 e. The number of nitrogens with one attached hydrogen (secondary N) is 1. The summed E-state index contributed by atoms with van der Waals surface area (Å²) in [5, 5.41) is 3.23. The molecule has 3 rings (SSSR count). The number of anilines is 1. The van der Waals surface area contributed by atoms with E-state index in [1.54, 1.807) is 22.9 Å².